The van der Waals surface area contributed by atoms with Crippen molar-refractivity contribution in [2.24, 2.45) is 11.8 Å². The van der Waals surface area contributed by atoms with Crippen molar-refractivity contribution >= 4 is 11.8 Å². The summed E-state index contributed by atoms with van der Waals surface area (Å²) in [6, 6.07) is 3.74. The lowest BCUT2D eigenvalue weighted by atomic mass is 10.0. The minimum absolute atomic E-state index is 0.00792. The fourth-order valence-electron chi connectivity index (χ4n) is 4.31. The maximum Gasteiger partial charge on any atom is 0.289 e. The Morgan fingerprint density at radius 1 is 1.04 bits per heavy atom. The quantitative estimate of drug-likeness (QED) is 0.841. The molecule has 4 heterocycles. The number of furan rings is 1. The van der Waals surface area contributed by atoms with E-state index in [9.17, 15) is 9.59 Å². The standard InChI is InChI=1S/C18H25N3O3/c1-13(22)20-8-14-10-21(11-15(14)9-20)18(23)17-5-4-16(24-17)12-19-6-2-3-7-19/h4-5,14-15H,2-3,6-12H2,1H3/t14-,15+. The molecule has 3 aliphatic heterocycles. The number of hydrogen-bond donors (Lipinski definition) is 0. The Hall–Kier alpha value is -1.82. The van der Waals surface area contributed by atoms with Gasteiger partial charge in [0.25, 0.3) is 5.91 Å². The van der Waals surface area contributed by atoms with Gasteiger partial charge in [-0.3, -0.25) is 14.5 Å². The topological polar surface area (TPSA) is 57.0 Å². The molecule has 0 saturated carbocycles. The average Bonchev–Trinajstić information content (AvgIpc) is 3.30. The maximum absolute atomic E-state index is 12.7. The van der Waals surface area contributed by atoms with E-state index >= 15 is 0 Å². The molecule has 24 heavy (non-hydrogen) atoms. The van der Waals surface area contributed by atoms with E-state index in [-0.39, 0.29) is 11.8 Å². The second-order valence-corrected chi connectivity index (χ2v) is 7.40. The van der Waals surface area contributed by atoms with Gasteiger partial charge in [0.05, 0.1) is 6.54 Å². The van der Waals surface area contributed by atoms with Crippen LogP contribution in [0.3, 0.4) is 0 Å². The van der Waals surface area contributed by atoms with Crippen LogP contribution in [0.25, 0.3) is 0 Å². The van der Waals surface area contributed by atoms with Gasteiger partial charge < -0.3 is 14.2 Å². The smallest absolute Gasteiger partial charge is 0.289 e. The third kappa shape index (κ3) is 2.95. The molecule has 0 aromatic carbocycles. The summed E-state index contributed by atoms with van der Waals surface area (Å²) in [5.74, 6) is 2.29. The molecule has 130 valence electrons. The number of carbonyl (C=O) groups is 2. The molecule has 2 atom stereocenters. The summed E-state index contributed by atoms with van der Waals surface area (Å²) in [4.78, 5) is 30.3. The number of likely N-dealkylation sites (tertiary alicyclic amines) is 3. The minimum Gasteiger partial charge on any atom is -0.455 e. The van der Waals surface area contributed by atoms with E-state index in [4.69, 9.17) is 4.42 Å². The van der Waals surface area contributed by atoms with Crippen LogP contribution in [0.15, 0.2) is 16.5 Å². The second kappa shape index (κ2) is 6.24. The molecular weight excluding hydrogens is 306 g/mol. The third-order valence-electron chi connectivity index (χ3n) is 5.67. The zero-order valence-corrected chi connectivity index (χ0v) is 14.2. The molecule has 0 unspecified atom stereocenters. The number of rotatable bonds is 3. The lowest BCUT2D eigenvalue weighted by molar-refractivity contribution is -0.128. The lowest BCUT2D eigenvalue weighted by Crippen LogP contribution is -2.34. The molecule has 4 rings (SSSR count). The van der Waals surface area contributed by atoms with Crippen molar-refractivity contribution in [1.82, 2.24) is 14.7 Å². The van der Waals surface area contributed by atoms with Crippen LogP contribution in [0.1, 0.15) is 36.1 Å². The van der Waals surface area contributed by atoms with Crippen LogP contribution < -0.4 is 0 Å². The Morgan fingerprint density at radius 2 is 1.67 bits per heavy atom. The first-order valence-electron chi connectivity index (χ1n) is 8.96. The average molecular weight is 331 g/mol. The molecule has 0 aliphatic carbocycles. The van der Waals surface area contributed by atoms with Gasteiger partial charge in [0.1, 0.15) is 5.76 Å². The van der Waals surface area contributed by atoms with Crippen molar-refractivity contribution in [3.8, 4) is 0 Å². The predicted octanol–water partition coefficient (Wildman–Crippen LogP) is 1.43. The lowest BCUT2D eigenvalue weighted by Gasteiger charge is -2.20. The highest BCUT2D eigenvalue weighted by Crippen LogP contribution is 2.32. The largest absolute Gasteiger partial charge is 0.455 e. The molecule has 6 nitrogen and oxygen atoms in total. The summed E-state index contributed by atoms with van der Waals surface area (Å²) in [6.45, 7) is 7.67. The minimum atomic E-state index is -0.00792. The number of hydrogen-bond acceptors (Lipinski definition) is 4. The highest BCUT2D eigenvalue weighted by atomic mass is 16.4. The molecule has 0 radical (unpaired) electrons. The molecular formula is C18H25N3O3. The van der Waals surface area contributed by atoms with Gasteiger partial charge in [-0.1, -0.05) is 0 Å². The van der Waals surface area contributed by atoms with Gasteiger partial charge in [-0.15, -0.1) is 0 Å². The Kier molecular flexibility index (Phi) is 4.08. The van der Waals surface area contributed by atoms with Crippen LogP contribution in [0, 0.1) is 11.8 Å². The van der Waals surface area contributed by atoms with Crippen LogP contribution >= 0.6 is 0 Å². The molecule has 6 heteroatoms. The first-order valence-corrected chi connectivity index (χ1v) is 8.96. The van der Waals surface area contributed by atoms with Crippen molar-refractivity contribution in [1.29, 1.82) is 0 Å². The van der Waals surface area contributed by atoms with Crippen molar-refractivity contribution in [3.05, 3.63) is 23.7 Å². The van der Waals surface area contributed by atoms with Gasteiger partial charge >= 0.3 is 0 Å². The molecule has 1 aromatic rings. The Morgan fingerprint density at radius 3 is 2.29 bits per heavy atom. The summed E-state index contributed by atoms with van der Waals surface area (Å²) in [7, 11) is 0. The van der Waals surface area contributed by atoms with Gasteiger partial charge in [-0.25, -0.2) is 0 Å². The van der Waals surface area contributed by atoms with Crippen LogP contribution in [0.2, 0.25) is 0 Å². The van der Waals surface area contributed by atoms with Gasteiger partial charge in [-0.2, -0.15) is 0 Å². The number of carbonyl (C=O) groups excluding carboxylic acids is 2. The van der Waals surface area contributed by atoms with Crippen molar-refractivity contribution in [2.75, 3.05) is 39.3 Å². The maximum atomic E-state index is 12.7. The van der Waals surface area contributed by atoms with Gasteiger partial charge in [0.2, 0.25) is 5.91 Å². The predicted molar refractivity (Wildman–Crippen MR) is 88.4 cm³/mol. The van der Waals surface area contributed by atoms with Gasteiger partial charge in [0, 0.05) is 44.9 Å². The monoisotopic (exact) mass is 331 g/mol. The molecule has 3 saturated heterocycles. The fourth-order valence-corrected chi connectivity index (χ4v) is 4.31. The molecule has 0 N–H and O–H groups in total. The van der Waals surface area contributed by atoms with Gasteiger partial charge in [-0.05, 0) is 38.1 Å². The van der Waals surface area contributed by atoms with Crippen molar-refractivity contribution < 1.29 is 14.0 Å². The van der Waals surface area contributed by atoms with E-state index in [1.165, 1.54) is 12.8 Å². The molecule has 2 amide bonds. The third-order valence-corrected chi connectivity index (χ3v) is 5.67. The normalized spacial score (nSPS) is 27.0. The number of nitrogens with zero attached hydrogens (tertiary/aromatic N) is 3. The first-order chi connectivity index (χ1) is 11.6. The van der Waals surface area contributed by atoms with E-state index in [0.29, 0.717) is 17.6 Å². The summed E-state index contributed by atoms with van der Waals surface area (Å²) in [5, 5.41) is 0. The van der Waals surface area contributed by atoms with Crippen LogP contribution in [0.5, 0.6) is 0 Å². The van der Waals surface area contributed by atoms with Gasteiger partial charge in [0.15, 0.2) is 5.76 Å². The van der Waals surface area contributed by atoms with Crippen LogP contribution in [-0.4, -0.2) is 65.8 Å². The van der Waals surface area contributed by atoms with E-state index < -0.39 is 0 Å². The second-order valence-electron chi connectivity index (χ2n) is 7.40. The van der Waals surface area contributed by atoms with Crippen molar-refractivity contribution in [2.45, 2.75) is 26.3 Å². The Labute approximate surface area is 142 Å². The summed E-state index contributed by atoms with van der Waals surface area (Å²) in [5.41, 5.74) is 0. The highest BCUT2D eigenvalue weighted by molar-refractivity contribution is 5.91. The first kappa shape index (κ1) is 15.7. The highest BCUT2D eigenvalue weighted by Gasteiger charge is 2.42. The molecule has 3 aliphatic rings. The van der Waals surface area contributed by atoms with E-state index in [2.05, 4.69) is 4.90 Å². The zero-order valence-electron chi connectivity index (χ0n) is 14.2. The zero-order chi connectivity index (χ0) is 16.7. The van der Waals surface area contributed by atoms with Crippen molar-refractivity contribution in [3.63, 3.8) is 0 Å². The molecule has 3 fully saturated rings. The summed E-state index contributed by atoms with van der Waals surface area (Å²) >= 11 is 0. The molecule has 0 spiro atoms. The van der Waals surface area contributed by atoms with Crippen LogP contribution in [0.4, 0.5) is 0 Å². The number of fused-ring (bicyclic) bond motifs is 1. The molecule has 1 aromatic heterocycles. The SMILES string of the molecule is CC(=O)N1C[C@@H]2CN(C(=O)c3ccc(CN4CCCC4)o3)C[C@@H]2C1. The van der Waals surface area contributed by atoms with E-state index in [1.54, 1.807) is 6.92 Å². The number of amides is 2. The molecule has 0 bridgehead atoms. The summed E-state index contributed by atoms with van der Waals surface area (Å²) in [6.07, 6.45) is 2.50. The Bertz CT molecular complexity index is 621. The Balaban J connectivity index is 1.35. The van der Waals surface area contributed by atoms with E-state index in [1.807, 2.05) is 21.9 Å². The fraction of sp³-hybridized carbons (Fsp3) is 0.667. The van der Waals surface area contributed by atoms with E-state index in [0.717, 1.165) is 51.6 Å². The summed E-state index contributed by atoms with van der Waals surface area (Å²) < 4.78 is 5.80. The van der Waals surface area contributed by atoms with Crippen LogP contribution in [-0.2, 0) is 11.3 Å².